The van der Waals surface area contributed by atoms with Crippen LogP contribution in [0.1, 0.15) is 60.8 Å². The fraction of sp³-hybridized carbons (Fsp3) is 0.933. The minimum absolute atomic E-state index is 0.0172. The van der Waals surface area contributed by atoms with E-state index in [-0.39, 0.29) is 6.10 Å². The Balaban J connectivity index is 2.58. The van der Waals surface area contributed by atoms with Gasteiger partial charge in [-0.25, -0.2) is 4.79 Å². The van der Waals surface area contributed by atoms with E-state index < -0.39 is 11.8 Å². The van der Waals surface area contributed by atoms with Crippen LogP contribution in [0, 0.1) is 17.8 Å². The average molecular weight is 256 g/mol. The molecule has 1 rings (SSSR count). The molecule has 0 saturated heterocycles. The number of ether oxygens (including phenoxy) is 2. The summed E-state index contributed by atoms with van der Waals surface area (Å²) < 4.78 is 10.8. The highest BCUT2D eigenvalue weighted by Gasteiger charge is 2.34. The van der Waals surface area contributed by atoms with Gasteiger partial charge in [-0.15, -0.1) is 0 Å². The third-order valence-electron chi connectivity index (χ3n) is 3.60. The third-order valence-corrected chi connectivity index (χ3v) is 3.60. The van der Waals surface area contributed by atoms with E-state index in [2.05, 4.69) is 20.8 Å². The molecule has 3 heteroatoms. The van der Waals surface area contributed by atoms with Crippen LogP contribution in [0.25, 0.3) is 0 Å². The molecule has 1 aliphatic rings. The predicted molar refractivity (Wildman–Crippen MR) is 72.5 cm³/mol. The summed E-state index contributed by atoms with van der Waals surface area (Å²) in [6.07, 6.45) is 2.83. The molecule has 0 spiro atoms. The summed E-state index contributed by atoms with van der Waals surface area (Å²) in [4.78, 5) is 11.8. The summed E-state index contributed by atoms with van der Waals surface area (Å²) in [5.41, 5.74) is -0.481. The molecule has 106 valence electrons. The Morgan fingerprint density at radius 3 is 2.33 bits per heavy atom. The Labute approximate surface area is 111 Å². The summed E-state index contributed by atoms with van der Waals surface area (Å²) in [7, 11) is 0. The summed E-state index contributed by atoms with van der Waals surface area (Å²) in [6.45, 7) is 12.2. The topological polar surface area (TPSA) is 35.5 Å². The molecule has 1 aliphatic carbocycles. The van der Waals surface area contributed by atoms with Gasteiger partial charge in [-0.2, -0.15) is 0 Å². The first kappa shape index (κ1) is 15.3. The first-order valence-corrected chi connectivity index (χ1v) is 7.08. The van der Waals surface area contributed by atoms with Gasteiger partial charge >= 0.3 is 6.16 Å². The van der Waals surface area contributed by atoms with Crippen molar-refractivity contribution in [2.24, 2.45) is 17.8 Å². The van der Waals surface area contributed by atoms with Crippen molar-refractivity contribution >= 4 is 6.16 Å². The molecule has 1 fully saturated rings. The van der Waals surface area contributed by atoms with Crippen molar-refractivity contribution in [3.63, 3.8) is 0 Å². The fourth-order valence-electron chi connectivity index (χ4n) is 2.65. The van der Waals surface area contributed by atoms with Gasteiger partial charge in [0.05, 0.1) is 0 Å². The highest BCUT2D eigenvalue weighted by atomic mass is 16.7. The maximum atomic E-state index is 11.8. The van der Waals surface area contributed by atoms with Crippen LogP contribution < -0.4 is 0 Å². The number of carbonyl (C=O) groups excluding carboxylic acids is 1. The Kier molecular flexibility index (Phi) is 5.06. The van der Waals surface area contributed by atoms with Gasteiger partial charge in [-0.3, -0.25) is 0 Å². The highest BCUT2D eigenvalue weighted by Crippen LogP contribution is 2.35. The quantitative estimate of drug-likeness (QED) is 0.687. The lowest BCUT2D eigenvalue weighted by atomic mass is 9.75. The Morgan fingerprint density at radius 1 is 1.22 bits per heavy atom. The Morgan fingerprint density at radius 2 is 1.83 bits per heavy atom. The number of hydrogen-bond donors (Lipinski definition) is 0. The average Bonchev–Trinajstić information content (AvgIpc) is 2.13. The van der Waals surface area contributed by atoms with Gasteiger partial charge in [0.2, 0.25) is 0 Å². The summed E-state index contributed by atoms with van der Waals surface area (Å²) in [5, 5.41) is 0. The molecule has 1 saturated carbocycles. The third kappa shape index (κ3) is 4.87. The molecule has 0 N–H and O–H groups in total. The molecule has 0 aliphatic heterocycles. The SMILES string of the molecule is CC1CCC(C(C)C)C(OC(=O)OC(C)(C)C)C1. The zero-order valence-corrected chi connectivity index (χ0v) is 12.7. The normalized spacial score (nSPS) is 29.2. The van der Waals surface area contributed by atoms with Gasteiger partial charge < -0.3 is 9.47 Å². The largest absolute Gasteiger partial charge is 0.509 e. The van der Waals surface area contributed by atoms with Gasteiger partial charge in [0, 0.05) is 0 Å². The lowest BCUT2D eigenvalue weighted by molar-refractivity contribution is -0.0602. The summed E-state index contributed by atoms with van der Waals surface area (Å²) in [5.74, 6) is 1.64. The first-order valence-electron chi connectivity index (χ1n) is 7.08. The molecule has 0 heterocycles. The summed E-state index contributed by atoms with van der Waals surface area (Å²) in [6, 6.07) is 0. The standard InChI is InChI=1S/C15H28O3/c1-10(2)12-8-7-11(3)9-13(12)17-14(16)18-15(4,5)6/h10-13H,7-9H2,1-6H3. The van der Waals surface area contributed by atoms with Crippen molar-refractivity contribution in [2.75, 3.05) is 0 Å². The van der Waals surface area contributed by atoms with Gasteiger partial charge in [-0.1, -0.05) is 27.2 Å². The van der Waals surface area contributed by atoms with Crippen molar-refractivity contribution < 1.29 is 14.3 Å². The molecular weight excluding hydrogens is 228 g/mol. The molecule has 0 radical (unpaired) electrons. The Hall–Kier alpha value is -0.730. The second kappa shape index (κ2) is 5.94. The monoisotopic (exact) mass is 256 g/mol. The van der Waals surface area contributed by atoms with Gasteiger partial charge in [0.1, 0.15) is 11.7 Å². The summed E-state index contributed by atoms with van der Waals surface area (Å²) >= 11 is 0. The van der Waals surface area contributed by atoms with Crippen molar-refractivity contribution in [2.45, 2.75) is 72.5 Å². The smallest absolute Gasteiger partial charge is 0.431 e. The van der Waals surface area contributed by atoms with E-state index in [9.17, 15) is 4.79 Å². The van der Waals surface area contributed by atoms with Crippen LogP contribution in [0.5, 0.6) is 0 Å². The van der Waals surface area contributed by atoms with E-state index in [0.29, 0.717) is 17.8 Å². The van der Waals surface area contributed by atoms with Crippen molar-refractivity contribution in [3.05, 3.63) is 0 Å². The molecule has 18 heavy (non-hydrogen) atoms. The lowest BCUT2D eigenvalue weighted by Gasteiger charge is -2.36. The van der Waals surface area contributed by atoms with Gasteiger partial charge in [0.15, 0.2) is 0 Å². The van der Waals surface area contributed by atoms with E-state index >= 15 is 0 Å². The molecule has 0 aromatic heterocycles. The molecule has 3 nitrogen and oxygen atoms in total. The van der Waals surface area contributed by atoms with Crippen LogP contribution in [0.15, 0.2) is 0 Å². The zero-order valence-electron chi connectivity index (χ0n) is 12.7. The first-order chi connectivity index (χ1) is 8.19. The molecule has 0 amide bonds. The maximum Gasteiger partial charge on any atom is 0.509 e. The highest BCUT2D eigenvalue weighted by molar-refractivity contribution is 5.60. The van der Waals surface area contributed by atoms with Gasteiger partial charge in [0.25, 0.3) is 0 Å². The molecular formula is C15H28O3. The molecule has 0 aromatic rings. The van der Waals surface area contributed by atoms with Crippen LogP contribution >= 0.6 is 0 Å². The molecule has 3 atom stereocenters. The Bertz CT molecular complexity index is 278. The minimum atomic E-state index is -0.521. The van der Waals surface area contributed by atoms with Crippen molar-refractivity contribution in [3.8, 4) is 0 Å². The van der Waals surface area contributed by atoms with Crippen LogP contribution in [-0.2, 0) is 9.47 Å². The number of rotatable bonds is 2. The van der Waals surface area contributed by atoms with E-state index in [1.54, 1.807) is 0 Å². The second-order valence-electron chi connectivity index (χ2n) is 6.95. The van der Waals surface area contributed by atoms with Crippen LogP contribution in [0.2, 0.25) is 0 Å². The van der Waals surface area contributed by atoms with Crippen LogP contribution in [-0.4, -0.2) is 17.9 Å². The minimum Gasteiger partial charge on any atom is -0.431 e. The molecule has 0 aromatic carbocycles. The lowest BCUT2D eigenvalue weighted by Crippen LogP contribution is -2.37. The van der Waals surface area contributed by atoms with E-state index in [1.807, 2.05) is 20.8 Å². The zero-order chi connectivity index (χ0) is 13.9. The second-order valence-corrected chi connectivity index (χ2v) is 6.95. The van der Waals surface area contributed by atoms with Crippen molar-refractivity contribution in [1.29, 1.82) is 0 Å². The predicted octanol–water partition coefficient (Wildman–Crippen LogP) is 4.40. The molecule has 3 unspecified atom stereocenters. The van der Waals surface area contributed by atoms with Crippen LogP contribution in [0.3, 0.4) is 0 Å². The van der Waals surface area contributed by atoms with E-state index in [0.717, 1.165) is 12.8 Å². The fourth-order valence-corrected chi connectivity index (χ4v) is 2.65. The van der Waals surface area contributed by atoms with E-state index in [4.69, 9.17) is 9.47 Å². The van der Waals surface area contributed by atoms with Crippen molar-refractivity contribution in [1.82, 2.24) is 0 Å². The van der Waals surface area contributed by atoms with Crippen LogP contribution in [0.4, 0.5) is 4.79 Å². The number of carbonyl (C=O) groups is 1. The number of hydrogen-bond acceptors (Lipinski definition) is 3. The van der Waals surface area contributed by atoms with E-state index in [1.165, 1.54) is 6.42 Å². The van der Waals surface area contributed by atoms with Gasteiger partial charge in [-0.05, 0) is 51.4 Å². The maximum absolute atomic E-state index is 11.8. The molecule has 0 bridgehead atoms.